The second kappa shape index (κ2) is 7.77. The van der Waals surface area contributed by atoms with E-state index in [0.29, 0.717) is 12.5 Å². The summed E-state index contributed by atoms with van der Waals surface area (Å²) in [4.78, 5) is 0. The summed E-state index contributed by atoms with van der Waals surface area (Å²) < 4.78 is 0. The molecule has 1 aliphatic rings. The zero-order chi connectivity index (χ0) is 14.3. The Bertz CT molecular complexity index is 372. The smallest absolute Gasteiger partial charge is 0.0431 e. The van der Waals surface area contributed by atoms with Crippen LogP contribution in [0.25, 0.3) is 0 Å². The van der Waals surface area contributed by atoms with Gasteiger partial charge in [-0.25, -0.2) is 0 Å². The van der Waals surface area contributed by atoms with Crippen LogP contribution in [0.2, 0.25) is 0 Å². The molecule has 0 atom stereocenters. The molecule has 0 bridgehead atoms. The molecular weight excluding hydrogens is 248 g/mol. The van der Waals surface area contributed by atoms with Gasteiger partial charge in [0.05, 0.1) is 0 Å². The summed E-state index contributed by atoms with van der Waals surface area (Å²) in [6, 6.07) is 10.8. The maximum atomic E-state index is 8.83. The van der Waals surface area contributed by atoms with E-state index in [0.717, 1.165) is 32.2 Å². The summed E-state index contributed by atoms with van der Waals surface area (Å²) in [6.45, 7) is 1.97. The molecule has 4 N–H and O–H groups in total. The molecule has 1 fully saturated rings. The molecule has 0 unspecified atom stereocenters. The van der Waals surface area contributed by atoms with Crippen molar-refractivity contribution >= 4 is 0 Å². The lowest BCUT2D eigenvalue weighted by atomic mass is 9.74. The second-order valence-electron chi connectivity index (χ2n) is 6.03. The van der Waals surface area contributed by atoms with Crippen molar-refractivity contribution in [3.8, 4) is 0 Å². The molecular formula is C17H28N2O. The van der Waals surface area contributed by atoms with E-state index >= 15 is 0 Å². The number of nitrogens with two attached hydrogens (primary N) is 1. The van der Waals surface area contributed by atoms with E-state index in [-0.39, 0.29) is 12.1 Å². The van der Waals surface area contributed by atoms with Crippen molar-refractivity contribution in [1.82, 2.24) is 5.32 Å². The predicted molar refractivity (Wildman–Crippen MR) is 83.8 cm³/mol. The molecule has 1 saturated carbocycles. The van der Waals surface area contributed by atoms with Gasteiger partial charge in [0, 0.05) is 18.7 Å². The van der Waals surface area contributed by atoms with Crippen LogP contribution in [0.5, 0.6) is 0 Å². The third kappa shape index (κ3) is 4.05. The van der Waals surface area contributed by atoms with Crippen molar-refractivity contribution in [2.24, 2.45) is 5.73 Å². The first-order valence-electron chi connectivity index (χ1n) is 7.90. The Balaban J connectivity index is 1.84. The number of aliphatic hydroxyl groups excluding tert-OH is 1. The van der Waals surface area contributed by atoms with Crippen molar-refractivity contribution in [3.05, 3.63) is 35.9 Å². The largest absolute Gasteiger partial charge is 0.396 e. The highest BCUT2D eigenvalue weighted by Gasteiger charge is 2.33. The van der Waals surface area contributed by atoms with Crippen LogP contribution < -0.4 is 11.1 Å². The normalized spacial score (nSPS) is 26.6. The van der Waals surface area contributed by atoms with Crippen LogP contribution in [-0.4, -0.2) is 30.3 Å². The number of benzene rings is 1. The number of hydrogen-bond acceptors (Lipinski definition) is 3. The lowest BCUT2D eigenvalue weighted by molar-refractivity contribution is 0.217. The molecule has 2 rings (SSSR count). The molecule has 0 aliphatic heterocycles. The Hall–Kier alpha value is -0.900. The zero-order valence-electron chi connectivity index (χ0n) is 12.4. The van der Waals surface area contributed by atoms with E-state index in [1.54, 1.807) is 0 Å². The predicted octanol–water partition coefficient (Wildman–Crippen LogP) is 2.40. The van der Waals surface area contributed by atoms with Gasteiger partial charge in [0.25, 0.3) is 0 Å². The zero-order valence-corrected chi connectivity index (χ0v) is 12.4. The van der Waals surface area contributed by atoms with Gasteiger partial charge in [0.15, 0.2) is 0 Å². The highest BCUT2D eigenvalue weighted by Crippen LogP contribution is 2.37. The van der Waals surface area contributed by atoms with Crippen molar-refractivity contribution in [1.29, 1.82) is 0 Å². The third-order valence-corrected chi connectivity index (χ3v) is 4.69. The topological polar surface area (TPSA) is 58.3 Å². The summed E-state index contributed by atoms with van der Waals surface area (Å²) in [5, 5.41) is 12.5. The molecule has 20 heavy (non-hydrogen) atoms. The summed E-state index contributed by atoms with van der Waals surface area (Å²) >= 11 is 0. The number of aliphatic hydroxyl groups is 1. The summed E-state index contributed by atoms with van der Waals surface area (Å²) in [5.41, 5.74) is 7.62. The van der Waals surface area contributed by atoms with Gasteiger partial charge in [0.1, 0.15) is 0 Å². The standard InChI is InChI=1S/C17H28N2O/c18-14-17(19-12-4-5-13-20)10-8-16(9-11-17)15-6-2-1-3-7-15/h1-3,6-7,16,19-20H,4-5,8-14,18H2. The van der Waals surface area contributed by atoms with Crippen molar-refractivity contribution in [3.63, 3.8) is 0 Å². The molecule has 0 saturated heterocycles. The minimum absolute atomic E-state index is 0.126. The fourth-order valence-electron chi connectivity index (χ4n) is 3.27. The number of unbranched alkanes of at least 4 members (excludes halogenated alkanes) is 1. The van der Waals surface area contributed by atoms with Gasteiger partial charge in [-0.1, -0.05) is 30.3 Å². The maximum absolute atomic E-state index is 8.83. The SMILES string of the molecule is NCC1(NCCCCO)CCC(c2ccccc2)CC1. The molecule has 0 heterocycles. The van der Waals surface area contributed by atoms with E-state index in [1.165, 1.54) is 18.4 Å². The lowest BCUT2D eigenvalue weighted by Gasteiger charge is -2.40. The molecule has 0 aromatic heterocycles. The summed E-state index contributed by atoms with van der Waals surface area (Å²) in [6.07, 6.45) is 6.65. The average Bonchev–Trinajstić information content (AvgIpc) is 2.53. The fraction of sp³-hybridized carbons (Fsp3) is 0.647. The van der Waals surface area contributed by atoms with Crippen molar-refractivity contribution in [2.45, 2.75) is 50.0 Å². The minimum atomic E-state index is 0.126. The highest BCUT2D eigenvalue weighted by molar-refractivity contribution is 5.20. The maximum Gasteiger partial charge on any atom is 0.0431 e. The van der Waals surface area contributed by atoms with Crippen LogP contribution >= 0.6 is 0 Å². The molecule has 3 nitrogen and oxygen atoms in total. The highest BCUT2D eigenvalue weighted by atomic mass is 16.2. The molecule has 1 aromatic carbocycles. The van der Waals surface area contributed by atoms with Crippen LogP contribution in [0.1, 0.15) is 50.0 Å². The average molecular weight is 276 g/mol. The third-order valence-electron chi connectivity index (χ3n) is 4.69. The van der Waals surface area contributed by atoms with E-state index in [4.69, 9.17) is 10.8 Å². The van der Waals surface area contributed by atoms with Gasteiger partial charge in [-0.3, -0.25) is 0 Å². The van der Waals surface area contributed by atoms with E-state index < -0.39 is 0 Å². The summed E-state index contributed by atoms with van der Waals surface area (Å²) in [5.74, 6) is 0.690. The Labute approximate surface area is 122 Å². The first-order valence-corrected chi connectivity index (χ1v) is 7.90. The molecule has 0 amide bonds. The van der Waals surface area contributed by atoms with Gasteiger partial charge >= 0.3 is 0 Å². The van der Waals surface area contributed by atoms with Crippen LogP contribution in [0.4, 0.5) is 0 Å². The molecule has 0 radical (unpaired) electrons. The Kier molecular flexibility index (Phi) is 6.02. The first kappa shape index (κ1) is 15.5. The van der Waals surface area contributed by atoms with Gasteiger partial charge in [0.2, 0.25) is 0 Å². The van der Waals surface area contributed by atoms with Crippen LogP contribution in [-0.2, 0) is 0 Å². The van der Waals surface area contributed by atoms with Gasteiger partial charge in [-0.05, 0) is 56.6 Å². The van der Waals surface area contributed by atoms with E-state index in [9.17, 15) is 0 Å². The fourth-order valence-corrected chi connectivity index (χ4v) is 3.27. The Morgan fingerprint density at radius 1 is 1.15 bits per heavy atom. The molecule has 1 aliphatic carbocycles. The molecule has 1 aromatic rings. The van der Waals surface area contributed by atoms with Crippen LogP contribution in [0, 0.1) is 0 Å². The number of hydrogen-bond donors (Lipinski definition) is 3. The van der Waals surface area contributed by atoms with Crippen LogP contribution in [0.3, 0.4) is 0 Å². The second-order valence-corrected chi connectivity index (χ2v) is 6.03. The first-order chi connectivity index (χ1) is 9.79. The minimum Gasteiger partial charge on any atom is -0.396 e. The lowest BCUT2D eigenvalue weighted by Crippen LogP contribution is -2.53. The molecule has 3 heteroatoms. The van der Waals surface area contributed by atoms with Gasteiger partial charge in [-0.15, -0.1) is 0 Å². The van der Waals surface area contributed by atoms with Crippen LogP contribution in [0.15, 0.2) is 30.3 Å². The Morgan fingerprint density at radius 3 is 2.45 bits per heavy atom. The Morgan fingerprint density at radius 2 is 1.85 bits per heavy atom. The van der Waals surface area contributed by atoms with Gasteiger partial charge in [-0.2, -0.15) is 0 Å². The van der Waals surface area contributed by atoms with E-state index in [1.807, 2.05) is 0 Å². The quantitative estimate of drug-likeness (QED) is 0.670. The van der Waals surface area contributed by atoms with E-state index in [2.05, 4.69) is 35.6 Å². The monoisotopic (exact) mass is 276 g/mol. The van der Waals surface area contributed by atoms with Crippen molar-refractivity contribution in [2.75, 3.05) is 19.7 Å². The summed E-state index contributed by atoms with van der Waals surface area (Å²) in [7, 11) is 0. The van der Waals surface area contributed by atoms with Crippen molar-refractivity contribution < 1.29 is 5.11 Å². The molecule has 112 valence electrons. The molecule has 0 spiro atoms. The van der Waals surface area contributed by atoms with Gasteiger partial charge < -0.3 is 16.2 Å². The number of nitrogens with one attached hydrogen (secondary N) is 1. The number of rotatable bonds is 7.